The number of halogens is 1. The van der Waals surface area contributed by atoms with Crippen molar-refractivity contribution in [3.05, 3.63) is 82.2 Å². The second-order valence-electron chi connectivity index (χ2n) is 5.95. The summed E-state index contributed by atoms with van der Waals surface area (Å²) >= 11 is 6.23. The zero-order valence-corrected chi connectivity index (χ0v) is 13.9. The average molecular weight is 338 g/mol. The Labute approximate surface area is 145 Å². The summed E-state index contributed by atoms with van der Waals surface area (Å²) in [5, 5.41) is 11.7. The summed E-state index contributed by atoms with van der Waals surface area (Å²) in [6, 6.07) is 9.72. The van der Waals surface area contributed by atoms with E-state index >= 15 is 0 Å². The summed E-state index contributed by atoms with van der Waals surface area (Å²) in [5.41, 5.74) is 5.61. The summed E-state index contributed by atoms with van der Waals surface area (Å²) in [7, 11) is 1.87. The number of imidazole rings is 1. The minimum absolute atomic E-state index is 0.649. The van der Waals surface area contributed by atoms with E-state index in [2.05, 4.69) is 9.97 Å². The van der Waals surface area contributed by atoms with Crippen molar-refractivity contribution in [2.45, 2.75) is 12.5 Å². The van der Waals surface area contributed by atoms with Crippen LogP contribution in [0.2, 0.25) is 5.02 Å². The minimum Gasteiger partial charge on any atom is -0.382 e. The van der Waals surface area contributed by atoms with Crippen molar-refractivity contribution < 1.29 is 5.11 Å². The number of aromatic nitrogens is 3. The fourth-order valence-corrected chi connectivity index (χ4v) is 3.32. The summed E-state index contributed by atoms with van der Waals surface area (Å²) < 4.78 is 1.82. The number of nitrogens with zero attached hydrogens (tertiary/aromatic N) is 3. The van der Waals surface area contributed by atoms with Crippen molar-refractivity contribution in [3.8, 4) is 0 Å². The Morgan fingerprint density at radius 2 is 2.17 bits per heavy atom. The summed E-state index contributed by atoms with van der Waals surface area (Å²) in [6.45, 7) is 0. The van der Waals surface area contributed by atoms with Crippen LogP contribution in [-0.2, 0) is 13.5 Å². The lowest BCUT2D eigenvalue weighted by Gasteiger charge is -2.17. The molecule has 1 atom stereocenters. The molecule has 0 saturated heterocycles. The molecule has 0 bridgehead atoms. The van der Waals surface area contributed by atoms with Gasteiger partial charge in [0.25, 0.3) is 0 Å². The molecule has 3 aromatic rings. The van der Waals surface area contributed by atoms with Gasteiger partial charge in [-0.2, -0.15) is 0 Å². The second-order valence-corrected chi connectivity index (χ2v) is 6.39. The van der Waals surface area contributed by atoms with Crippen LogP contribution in [0.15, 0.2) is 49.1 Å². The number of hydrogen-bond acceptors (Lipinski definition) is 3. The maximum absolute atomic E-state index is 11.0. The Kier molecular flexibility index (Phi) is 3.71. The monoisotopic (exact) mass is 337 g/mol. The molecule has 0 saturated carbocycles. The van der Waals surface area contributed by atoms with Crippen LogP contribution in [0.1, 0.15) is 34.2 Å². The molecular formula is C19H16ClN3O. The van der Waals surface area contributed by atoms with Crippen molar-refractivity contribution >= 4 is 23.3 Å². The van der Waals surface area contributed by atoms with Gasteiger partial charge in [-0.3, -0.25) is 4.98 Å². The Hall–Kier alpha value is -2.43. The Morgan fingerprint density at radius 3 is 2.96 bits per heavy atom. The third-order valence-electron chi connectivity index (χ3n) is 4.41. The Balaban J connectivity index is 1.94. The Morgan fingerprint density at radius 1 is 1.29 bits per heavy atom. The molecule has 0 radical (unpaired) electrons. The van der Waals surface area contributed by atoms with E-state index in [1.165, 1.54) is 0 Å². The van der Waals surface area contributed by atoms with E-state index in [1.807, 2.05) is 48.0 Å². The number of aryl methyl sites for hydroxylation is 1. The predicted molar refractivity (Wildman–Crippen MR) is 94.5 cm³/mol. The van der Waals surface area contributed by atoms with Crippen molar-refractivity contribution in [3.63, 3.8) is 0 Å². The lowest BCUT2D eigenvalue weighted by Crippen LogP contribution is -2.07. The third kappa shape index (κ3) is 2.54. The maximum atomic E-state index is 11.0. The third-order valence-corrected chi connectivity index (χ3v) is 4.64. The van der Waals surface area contributed by atoms with E-state index in [1.54, 1.807) is 18.7 Å². The van der Waals surface area contributed by atoms with Gasteiger partial charge in [0.2, 0.25) is 0 Å². The molecule has 1 aliphatic carbocycles. The highest BCUT2D eigenvalue weighted by Gasteiger charge is 2.24. The van der Waals surface area contributed by atoms with Gasteiger partial charge in [0.15, 0.2) is 0 Å². The van der Waals surface area contributed by atoms with Crippen LogP contribution in [0.3, 0.4) is 0 Å². The summed E-state index contributed by atoms with van der Waals surface area (Å²) in [5.74, 6) is 0. The van der Waals surface area contributed by atoms with Gasteiger partial charge in [-0.05, 0) is 46.5 Å². The molecule has 0 aliphatic heterocycles. The summed E-state index contributed by atoms with van der Waals surface area (Å²) in [6.07, 6.45) is 7.09. The largest absolute Gasteiger partial charge is 0.382 e. The van der Waals surface area contributed by atoms with Crippen LogP contribution < -0.4 is 0 Å². The summed E-state index contributed by atoms with van der Waals surface area (Å²) in [4.78, 5) is 8.61. The van der Waals surface area contributed by atoms with Crippen LogP contribution in [0, 0.1) is 0 Å². The molecule has 1 N–H and O–H groups in total. The van der Waals surface area contributed by atoms with Crippen molar-refractivity contribution in [2.24, 2.45) is 7.05 Å². The van der Waals surface area contributed by atoms with Gasteiger partial charge in [0.1, 0.15) is 6.10 Å². The molecule has 5 heteroatoms. The molecule has 120 valence electrons. The number of benzene rings is 1. The normalized spacial score (nSPS) is 14.4. The van der Waals surface area contributed by atoms with E-state index in [-0.39, 0.29) is 0 Å². The van der Waals surface area contributed by atoms with Crippen LogP contribution in [0.4, 0.5) is 0 Å². The number of aliphatic hydroxyl groups excluding tert-OH is 1. The van der Waals surface area contributed by atoms with Gasteiger partial charge in [-0.25, -0.2) is 4.98 Å². The highest BCUT2D eigenvalue weighted by molar-refractivity contribution is 6.30. The van der Waals surface area contributed by atoms with Gasteiger partial charge in [0.05, 0.1) is 23.9 Å². The van der Waals surface area contributed by atoms with Crippen LogP contribution >= 0.6 is 11.6 Å². The lowest BCUT2D eigenvalue weighted by molar-refractivity contribution is 0.230. The molecule has 1 unspecified atom stereocenters. The molecule has 0 amide bonds. The number of aliphatic hydroxyl groups is 1. The number of hydrogen-bond donors (Lipinski definition) is 1. The first-order valence-electron chi connectivity index (χ1n) is 7.72. The Bertz CT molecular complexity index is 945. The van der Waals surface area contributed by atoms with E-state index in [0.29, 0.717) is 11.4 Å². The maximum Gasteiger partial charge on any atom is 0.121 e. The second kappa shape index (κ2) is 5.89. The van der Waals surface area contributed by atoms with Crippen LogP contribution in [-0.4, -0.2) is 19.6 Å². The first kappa shape index (κ1) is 15.1. The standard InChI is InChI=1S/C19H16ClN3O/c1-23-11-21-10-18(23)19(24)16-7-13-3-2-6-22-17(13)8-12-4-5-14(20)9-15(12)16/h2-7,9-11,19,24H,8H2,1H3. The fourth-order valence-electron chi connectivity index (χ4n) is 3.14. The van der Waals surface area contributed by atoms with Crippen molar-refractivity contribution in [2.75, 3.05) is 0 Å². The van der Waals surface area contributed by atoms with E-state index in [0.717, 1.165) is 33.7 Å². The molecule has 1 aliphatic rings. The number of pyridine rings is 1. The van der Waals surface area contributed by atoms with E-state index in [9.17, 15) is 5.11 Å². The van der Waals surface area contributed by atoms with Gasteiger partial charge < -0.3 is 9.67 Å². The van der Waals surface area contributed by atoms with Crippen LogP contribution in [0.25, 0.3) is 11.6 Å². The zero-order chi connectivity index (χ0) is 16.7. The number of fused-ring (bicyclic) bond motifs is 2. The minimum atomic E-state index is -0.791. The van der Waals surface area contributed by atoms with Gasteiger partial charge in [-0.15, -0.1) is 0 Å². The molecule has 4 rings (SSSR count). The SMILES string of the molecule is Cn1cncc1C(O)C1=Cc2cccnc2Cc2ccc(Cl)cc21. The van der Waals surface area contributed by atoms with E-state index < -0.39 is 6.10 Å². The topological polar surface area (TPSA) is 50.9 Å². The first-order valence-corrected chi connectivity index (χ1v) is 8.10. The zero-order valence-electron chi connectivity index (χ0n) is 13.1. The quantitative estimate of drug-likeness (QED) is 0.776. The highest BCUT2D eigenvalue weighted by atomic mass is 35.5. The molecule has 2 heterocycles. The fraction of sp³-hybridized carbons (Fsp3) is 0.158. The smallest absolute Gasteiger partial charge is 0.121 e. The molecule has 4 nitrogen and oxygen atoms in total. The average Bonchev–Trinajstić information content (AvgIpc) is 2.93. The number of rotatable bonds is 2. The first-order chi connectivity index (χ1) is 11.6. The highest BCUT2D eigenvalue weighted by Crippen LogP contribution is 2.38. The molecule has 0 fully saturated rings. The van der Waals surface area contributed by atoms with E-state index in [4.69, 9.17) is 11.6 Å². The molecule has 24 heavy (non-hydrogen) atoms. The van der Waals surface area contributed by atoms with Crippen molar-refractivity contribution in [1.29, 1.82) is 0 Å². The molecule has 2 aromatic heterocycles. The van der Waals surface area contributed by atoms with Gasteiger partial charge in [-0.1, -0.05) is 23.7 Å². The van der Waals surface area contributed by atoms with Gasteiger partial charge >= 0.3 is 0 Å². The lowest BCUT2D eigenvalue weighted by atomic mass is 9.94. The molecule has 1 aromatic carbocycles. The van der Waals surface area contributed by atoms with Crippen molar-refractivity contribution in [1.82, 2.24) is 14.5 Å². The predicted octanol–water partition coefficient (Wildman–Crippen LogP) is 3.65. The molecular weight excluding hydrogens is 322 g/mol. The van der Waals surface area contributed by atoms with Crippen LogP contribution in [0.5, 0.6) is 0 Å². The molecule has 0 spiro atoms. The van der Waals surface area contributed by atoms with Gasteiger partial charge in [0, 0.05) is 24.7 Å².